The first kappa shape index (κ1) is 18.1. The number of aliphatic hydroxyl groups excluding tert-OH is 1. The van der Waals surface area contributed by atoms with E-state index in [1.54, 1.807) is 24.3 Å². The number of nitriles is 1. The van der Waals surface area contributed by atoms with Gasteiger partial charge in [0.1, 0.15) is 30.3 Å². The maximum atomic E-state index is 10.2. The van der Waals surface area contributed by atoms with Gasteiger partial charge < -0.3 is 19.8 Å². The Balaban J connectivity index is 1.45. The zero-order valence-electron chi connectivity index (χ0n) is 14.6. The summed E-state index contributed by atoms with van der Waals surface area (Å²) in [6.45, 7) is 4.06. The van der Waals surface area contributed by atoms with Crippen molar-refractivity contribution in [1.82, 2.24) is 4.90 Å². The van der Waals surface area contributed by atoms with Crippen LogP contribution in [0.15, 0.2) is 48.5 Å². The number of piperazine rings is 1. The highest BCUT2D eigenvalue weighted by Gasteiger charge is 2.21. The molecule has 0 aliphatic carbocycles. The maximum absolute atomic E-state index is 10.2. The summed E-state index contributed by atoms with van der Waals surface area (Å²) in [5.74, 6) is 0.813. The first-order valence-electron chi connectivity index (χ1n) is 8.72. The van der Waals surface area contributed by atoms with Crippen LogP contribution in [0, 0.1) is 11.3 Å². The zero-order valence-corrected chi connectivity index (χ0v) is 14.6. The van der Waals surface area contributed by atoms with Gasteiger partial charge in [0, 0.05) is 32.7 Å². The van der Waals surface area contributed by atoms with Crippen LogP contribution in [0.25, 0.3) is 0 Å². The molecule has 26 heavy (non-hydrogen) atoms. The third kappa shape index (κ3) is 4.66. The number of β-amino-alcohol motifs (C(OH)–C–C–N with tert-alkyl or cyclic N) is 1. The van der Waals surface area contributed by atoms with Gasteiger partial charge in [-0.2, -0.15) is 5.26 Å². The average molecular weight is 353 g/mol. The summed E-state index contributed by atoms with van der Waals surface area (Å²) in [6.07, 6.45) is -0.582. The second-order valence-electron chi connectivity index (χ2n) is 6.38. The minimum Gasteiger partial charge on any atom is -0.508 e. The minimum absolute atomic E-state index is 0.189. The fraction of sp³-hybridized carbons (Fsp3) is 0.350. The number of hydrogen-bond acceptors (Lipinski definition) is 6. The molecule has 6 nitrogen and oxygen atoms in total. The standard InChI is InChI=1S/C20H23N3O3/c21-13-16-3-1-2-4-20(16)23-11-9-22(10-12-23)14-18(25)15-26-19-7-5-17(24)6-8-19/h1-8,18,24-25H,9-12,14-15H2. The van der Waals surface area contributed by atoms with Crippen LogP contribution in [0.2, 0.25) is 0 Å². The summed E-state index contributed by atoms with van der Waals surface area (Å²) in [4.78, 5) is 4.42. The average Bonchev–Trinajstić information content (AvgIpc) is 2.68. The highest BCUT2D eigenvalue weighted by Crippen LogP contribution is 2.21. The molecule has 1 unspecified atom stereocenters. The molecule has 0 amide bonds. The molecule has 136 valence electrons. The molecule has 0 bridgehead atoms. The molecule has 1 aliphatic heterocycles. The molecule has 1 heterocycles. The number of rotatable bonds is 6. The molecule has 2 N–H and O–H groups in total. The molecule has 1 atom stereocenters. The summed E-state index contributed by atoms with van der Waals surface area (Å²) in [5.41, 5.74) is 1.68. The predicted octanol–water partition coefficient (Wildman–Crippen LogP) is 1.83. The van der Waals surface area contributed by atoms with E-state index in [0.717, 1.165) is 31.9 Å². The Morgan fingerprint density at radius 3 is 2.42 bits per heavy atom. The topological polar surface area (TPSA) is 80.0 Å². The number of phenols is 1. The van der Waals surface area contributed by atoms with Crippen molar-refractivity contribution in [3.8, 4) is 17.6 Å². The van der Waals surface area contributed by atoms with Crippen molar-refractivity contribution in [2.75, 3.05) is 44.2 Å². The number of para-hydroxylation sites is 1. The lowest BCUT2D eigenvalue weighted by Gasteiger charge is -2.37. The Morgan fingerprint density at radius 1 is 1.04 bits per heavy atom. The van der Waals surface area contributed by atoms with Gasteiger partial charge in [-0.25, -0.2) is 0 Å². The second-order valence-corrected chi connectivity index (χ2v) is 6.38. The molecule has 1 saturated heterocycles. The predicted molar refractivity (Wildman–Crippen MR) is 99.4 cm³/mol. The first-order valence-corrected chi connectivity index (χ1v) is 8.72. The lowest BCUT2D eigenvalue weighted by atomic mass is 10.1. The Morgan fingerprint density at radius 2 is 1.73 bits per heavy atom. The molecule has 2 aromatic carbocycles. The van der Waals surface area contributed by atoms with Gasteiger partial charge in [-0.1, -0.05) is 12.1 Å². The summed E-state index contributed by atoms with van der Waals surface area (Å²) in [6, 6.07) is 16.4. The van der Waals surface area contributed by atoms with Crippen molar-refractivity contribution >= 4 is 5.69 Å². The molecule has 3 rings (SSSR count). The monoisotopic (exact) mass is 353 g/mol. The highest BCUT2D eigenvalue weighted by atomic mass is 16.5. The summed E-state index contributed by atoms with van der Waals surface area (Å²) < 4.78 is 5.55. The highest BCUT2D eigenvalue weighted by molar-refractivity contribution is 5.59. The normalized spacial score (nSPS) is 16.1. The fourth-order valence-electron chi connectivity index (χ4n) is 3.10. The van der Waals surface area contributed by atoms with Crippen molar-refractivity contribution in [2.24, 2.45) is 0 Å². The minimum atomic E-state index is -0.582. The lowest BCUT2D eigenvalue weighted by Crippen LogP contribution is -2.49. The number of benzene rings is 2. The Hall–Kier alpha value is -2.75. The van der Waals surface area contributed by atoms with Gasteiger partial charge in [0.25, 0.3) is 0 Å². The first-order chi connectivity index (χ1) is 12.7. The van der Waals surface area contributed by atoms with Gasteiger partial charge in [-0.05, 0) is 36.4 Å². The van der Waals surface area contributed by atoms with Crippen LogP contribution < -0.4 is 9.64 Å². The number of phenolic OH excluding ortho intramolecular Hbond substituents is 1. The van der Waals surface area contributed by atoms with Crippen molar-refractivity contribution in [3.05, 3.63) is 54.1 Å². The van der Waals surface area contributed by atoms with E-state index < -0.39 is 6.10 Å². The van der Waals surface area contributed by atoms with Crippen molar-refractivity contribution in [3.63, 3.8) is 0 Å². The van der Waals surface area contributed by atoms with Crippen LogP contribution >= 0.6 is 0 Å². The van der Waals surface area contributed by atoms with Crippen LogP contribution in [0.4, 0.5) is 5.69 Å². The molecular formula is C20H23N3O3. The summed E-state index contributed by atoms with van der Waals surface area (Å²) in [5, 5.41) is 28.7. The van der Waals surface area contributed by atoms with Crippen molar-refractivity contribution in [2.45, 2.75) is 6.10 Å². The van der Waals surface area contributed by atoms with Crippen LogP contribution in [-0.2, 0) is 0 Å². The fourth-order valence-corrected chi connectivity index (χ4v) is 3.10. The second kappa shape index (κ2) is 8.56. The smallest absolute Gasteiger partial charge is 0.119 e. The Bertz CT molecular complexity index is 750. The van der Waals surface area contributed by atoms with E-state index in [2.05, 4.69) is 15.9 Å². The van der Waals surface area contributed by atoms with E-state index in [9.17, 15) is 15.5 Å². The van der Waals surface area contributed by atoms with E-state index in [1.165, 1.54) is 0 Å². The van der Waals surface area contributed by atoms with E-state index >= 15 is 0 Å². The molecule has 2 aromatic rings. The number of anilines is 1. The third-order valence-corrected chi connectivity index (χ3v) is 4.49. The molecule has 0 saturated carbocycles. The SMILES string of the molecule is N#Cc1ccccc1N1CCN(CC(O)COc2ccc(O)cc2)CC1. The molecule has 0 spiro atoms. The van der Waals surface area contributed by atoms with Crippen molar-refractivity contribution in [1.29, 1.82) is 5.26 Å². The van der Waals surface area contributed by atoms with E-state index in [4.69, 9.17) is 4.74 Å². The molecule has 6 heteroatoms. The molecule has 0 aromatic heterocycles. The Kier molecular flexibility index (Phi) is 5.95. The largest absolute Gasteiger partial charge is 0.508 e. The maximum Gasteiger partial charge on any atom is 0.119 e. The molecule has 1 aliphatic rings. The summed E-state index contributed by atoms with van der Waals surface area (Å²) in [7, 11) is 0. The van der Waals surface area contributed by atoms with Gasteiger partial charge in [-0.15, -0.1) is 0 Å². The number of aromatic hydroxyl groups is 1. The van der Waals surface area contributed by atoms with E-state index in [1.807, 2.05) is 24.3 Å². The van der Waals surface area contributed by atoms with E-state index in [-0.39, 0.29) is 12.4 Å². The summed E-state index contributed by atoms with van der Waals surface area (Å²) >= 11 is 0. The number of ether oxygens (including phenoxy) is 1. The van der Waals surface area contributed by atoms with Crippen LogP contribution in [-0.4, -0.2) is 60.5 Å². The van der Waals surface area contributed by atoms with Crippen molar-refractivity contribution < 1.29 is 14.9 Å². The quantitative estimate of drug-likeness (QED) is 0.825. The van der Waals surface area contributed by atoms with Gasteiger partial charge >= 0.3 is 0 Å². The van der Waals surface area contributed by atoms with Crippen LogP contribution in [0.1, 0.15) is 5.56 Å². The number of nitrogens with zero attached hydrogens (tertiary/aromatic N) is 3. The van der Waals surface area contributed by atoms with Crippen LogP contribution in [0.3, 0.4) is 0 Å². The van der Waals surface area contributed by atoms with Gasteiger partial charge in [0.2, 0.25) is 0 Å². The molecule has 1 fully saturated rings. The Labute approximate surface area is 153 Å². The zero-order chi connectivity index (χ0) is 18.4. The number of hydrogen-bond donors (Lipinski definition) is 2. The lowest BCUT2D eigenvalue weighted by molar-refractivity contribution is 0.0663. The molecule has 0 radical (unpaired) electrons. The number of aliphatic hydroxyl groups is 1. The van der Waals surface area contributed by atoms with Gasteiger partial charge in [-0.3, -0.25) is 4.90 Å². The molecular weight excluding hydrogens is 330 g/mol. The van der Waals surface area contributed by atoms with Gasteiger partial charge in [0.15, 0.2) is 0 Å². The third-order valence-electron chi connectivity index (χ3n) is 4.49. The van der Waals surface area contributed by atoms with Crippen LogP contribution in [0.5, 0.6) is 11.5 Å². The van der Waals surface area contributed by atoms with Gasteiger partial charge in [0.05, 0.1) is 11.3 Å². The van der Waals surface area contributed by atoms with E-state index in [0.29, 0.717) is 17.9 Å².